The first-order valence-corrected chi connectivity index (χ1v) is 5.81. The lowest BCUT2D eigenvalue weighted by molar-refractivity contribution is 0.174. The van der Waals surface area contributed by atoms with Crippen LogP contribution in [0.2, 0.25) is 0 Å². The second-order valence-corrected chi connectivity index (χ2v) is 4.24. The van der Waals surface area contributed by atoms with Crippen LogP contribution < -0.4 is 4.74 Å². The second-order valence-electron chi connectivity index (χ2n) is 3.97. The molecule has 0 atom stereocenters. The number of ether oxygens (including phenoxy) is 1. The van der Waals surface area contributed by atoms with Crippen LogP contribution in [-0.2, 0) is 5.88 Å². The number of alkyl halides is 1. The number of hydrogen-bond acceptors (Lipinski definition) is 1. The second kappa shape index (κ2) is 4.84. The Kier molecular flexibility index (Phi) is 3.47. The first-order valence-electron chi connectivity index (χ1n) is 5.27. The van der Waals surface area contributed by atoms with Crippen molar-refractivity contribution in [3.05, 3.63) is 29.6 Å². The molecule has 1 saturated carbocycles. The van der Waals surface area contributed by atoms with Crippen molar-refractivity contribution in [2.75, 3.05) is 6.61 Å². The summed E-state index contributed by atoms with van der Waals surface area (Å²) in [6, 6.07) is 4.86. The summed E-state index contributed by atoms with van der Waals surface area (Å²) in [6.45, 7) is 0.616. The maximum Gasteiger partial charge on any atom is 0.165 e. The molecule has 0 unspecified atom stereocenters. The van der Waals surface area contributed by atoms with Gasteiger partial charge in [-0.2, -0.15) is 0 Å². The van der Waals surface area contributed by atoms with Crippen molar-refractivity contribution >= 4 is 11.6 Å². The van der Waals surface area contributed by atoms with Crippen molar-refractivity contribution in [2.45, 2.75) is 25.1 Å². The SMILES string of the molecule is Fc1cccc(CCl)c1OCC1CCC1. The highest BCUT2D eigenvalue weighted by Gasteiger charge is 2.19. The van der Waals surface area contributed by atoms with Gasteiger partial charge in [0.15, 0.2) is 11.6 Å². The zero-order valence-corrected chi connectivity index (χ0v) is 9.27. The Bertz CT molecular complexity index is 336. The Hall–Kier alpha value is -0.760. The van der Waals surface area contributed by atoms with E-state index in [-0.39, 0.29) is 11.7 Å². The molecular weight excluding hydrogens is 215 g/mol. The summed E-state index contributed by atoms with van der Waals surface area (Å²) in [7, 11) is 0. The summed E-state index contributed by atoms with van der Waals surface area (Å²) in [5, 5.41) is 0. The Labute approximate surface area is 94.2 Å². The van der Waals surface area contributed by atoms with Crippen LogP contribution in [0.5, 0.6) is 5.75 Å². The maximum atomic E-state index is 13.4. The molecular formula is C12H14ClFO. The van der Waals surface area contributed by atoms with E-state index >= 15 is 0 Å². The molecule has 0 aromatic heterocycles. The molecule has 0 amide bonds. The standard InChI is InChI=1S/C12H14ClFO/c13-7-10-5-2-6-11(14)12(10)15-8-9-3-1-4-9/h2,5-6,9H,1,3-4,7-8H2. The van der Waals surface area contributed by atoms with E-state index in [1.807, 2.05) is 0 Å². The Morgan fingerprint density at radius 1 is 1.40 bits per heavy atom. The molecule has 3 heteroatoms. The molecule has 1 aliphatic carbocycles. The van der Waals surface area contributed by atoms with Gasteiger partial charge >= 0.3 is 0 Å². The third kappa shape index (κ3) is 2.43. The fourth-order valence-corrected chi connectivity index (χ4v) is 1.89. The van der Waals surface area contributed by atoms with Crippen molar-refractivity contribution in [1.82, 2.24) is 0 Å². The van der Waals surface area contributed by atoms with E-state index in [0.717, 1.165) is 5.56 Å². The summed E-state index contributed by atoms with van der Waals surface area (Å²) < 4.78 is 18.9. The highest BCUT2D eigenvalue weighted by atomic mass is 35.5. The van der Waals surface area contributed by atoms with Crippen molar-refractivity contribution in [3.63, 3.8) is 0 Å². The molecule has 1 aromatic carbocycles. The van der Waals surface area contributed by atoms with Gasteiger partial charge in [0.2, 0.25) is 0 Å². The monoisotopic (exact) mass is 228 g/mol. The highest BCUT2D eigenvalue weighted by Crippen LogP contribution is 2.29. The van der Waals surface area contributed by atoms with Gasteiger partial charge in [0, 0.05) is 5.56 Å². The smallest absolute Gasteiger partial charge is 0.165 e. The van der Waals surface area contributed by atoms with E-state index in [1.165, 1.54) is 25.3 Å². The molecule has 15 heavy (non-hydrogen) atoms. The van der Waals surface area contributed by atoms with Gasteiger partial charge in [-0.1, -0.05) is 18.6 Å². The summed E-state index contributed by atoms with van der Waals surface area (Å²) in [5.74, 6) is 0.914. The van der Waals surface area contributed by atoms with Gasteiger partial charge in [-0.25, -0.2) is 4.39 Å². The Balaban J connectivity index is 2.04. The lowest BCUT2D eigenvalue weighted by Crippen LogP contribution is -2.20. The van der Waals surface area contributed by atoms with Crippen LogP contribution in [0, 0.1) is 11.7 Å². The number of hydrogen-bond donors (Lipinski definition) is 0. The minimum Gasteiger partial charge on any atom is -0.490 e. The zero-order valence-electron chi connectivity index (χ0n) is 8.51. The van der Waals surface area contributed by atoms with Crippen LogP contribution in [0.1, 0.15) is 24.8 Å². The molecule has 1 nitrogen and oxygen atoms in total. The van der Waals surface area contributed by atoms with Crippen molar-refractivity contribution in [2.24, 2.45) is 5.92 Å². The average Bonchev–Trinajstić information content (AvgIpc) is 2.17. The predicted molar refractivity (Wildman–Crippen MR) is 58.8 cm³/mol. The normalized spacial score (nSPS) is 16.1. The first-order chi connectivity index (χ1) is 7.31. The molecule has 0 radical (unpaired) electrons. The maximum absolute atomic E-state index is 13.4. The van der Waals surface area contributed by atoms with Crippen molar-refractivity contribution < 1.29 is 9.13 Å². The van der Waals surface area contributed by atoms with E-state index in [9.17, 15) is 4.39 Å². The lowest BCUT2D eigenvalue weighted by Gasteiger charge is -2.25. The van der Waals surface area contributed by atoms with Crippen molar-refractivity contribution in [3.8, 4) is 5.75 Å². The fourth-order valence-electron chi connectivity index (χ4n) is 1.68. The Morgan fingerprint density at radius 3 is 2.80 bits per heavy atom. The number of halogens is 2. The number of rotatable bonds is 4. The quantitative estimate of drug-likeness (QED) is 0.714. The third-order valence-corrected chi connectivity index (χ3v) is 3.17. The zero-order chi connectivity index (χ0) is 10.7. The number of benzene rings is 1. The fraction of sp³-hybridized carbons (Fsp3) is 0.500. The van der Waals surface area contributed by atoms with Gasteiger partial charge in [-0.05, 0) is 24.8 Å². The van der Waals surface area contributed by atoms with Crippen LogP contribution >= 0.6 is 11.6 Å². The molecule has 2 rings (SSSR count). The van der Waals surface area contributed by atoms with Crippen LogP contribution in [0.15, 0.2) is 18.2 Å². The topological polar surface area (TPSA) is 9.23 Å². The largest absolute Gasteiger partial charge is 0.490 e. The molecule has 0 spiro atoms. The Morgan fingerprint density at radius 2 is 2.20 bits per heavy atom. The van der Waals surface area contributed by atoms with Crippen LogP contribution in [0.4, 0.5) is 4.39 Å². The van der Waals surface area contributed by atoms with Crippen molar-refractivity contribution in [1.29, 1.82) is 0 Å². The van der Waals surface area contributed by atoms with E-state index in [4.69, 9.17) is 16.3 Å². The molecule has 0 N–H and O–H groups in total. The summed E-state index contributed by atoms with van der Waals surface area (Å²) >= 11 is 5.72. The molecule has 1 aromatic rings. The molecule has 0 bridgehead atoms. The molecule has 1 fully saturated rings. The highest BCUT2D eigenvalue weighted by molar-refractivity contribution is 6.17. The average molecular weight is 229 g/mol. The van der Waals surface area contributed by atoms with E-state index < -0.39 is 0 Å². The summed E-state index contributed by atoms with van der Waals surface area (Å²) in [6.07, 6.45) is 3.67. The van der Waals surface area contributed by atoms with Gasteiger partial charge < -0.3 is 4.74 Å². The van der Waals surface area contributed by atoms with Gasteiger partial charge in [0.25, 0.3) is 0 Å². The molecule has 0 saturated heterocycles. The summed E-state index contributed by atoms with van der Waals surface area (Å²) in [5.41, 5.74) is 0.732. The predicted octanol–water partition coefficient (Wildman–Crippen LogP) is 3.74. The van der Waals surface area contributed by atoms with Gasteiger partial charge in [0.05, 0.1) is 12.5 Å². The van der Waals surface area contributed by atoms with Gasteiger partial charge in [-0.3, -0.25) is 0 Å². The molecule has 0 heterocycles. The van der Waals surface area contributed by atoms with Gasteiger partial charge in [-0.15, -0.1) is 11.6 Å². The minimum absolute atomic E-state index is 0.289. The van der Waals surface area contributed by atoms with Crippen LogP contribution in [0.3, 0.4) is 0 Å². The van der Waals surface area contributed by atoms with Crippen LogP contribution in [-0.4, -0.2) is 6.61 Å². The first kappa shape index (κ1) is 10.7. The van der Waals surface area contributed by atoms with E-state index in [2.05, 4.69) is 0 Å². The van der Waals surface area contributed by atoms with E-state index in [0.29, 0.717) is 18.3 Å². The summed E-state index contributed by atoms with van der Waals surface area (Å²) in [4.78, 5) is 0. The molecule has 82 valence electrons. The molecule has 0 aliphatic heterocycles. The number of para-hydroxylation sites is 1. The lowest BCUT2D eigenvalue weighted by atomic mass is 9.86. The van der Waals surface area contributed by atoms with E-state index in [1.54, 1.807) is 12.1 Å². The van der Waals surface area contributed by atoms with Crippen LogP contribution in [0.25, 0.3) is 0 Å². The molecule has 1 aliphatic rings. The van der Waals surface area contributed by atoms with Gasteiger partial charge in [0.1, 0.15) is 0 Å². The minimum atomic E-state index is -0.313. The third-order valence-electron chi connectivity index (χ3n) is 2.88.